The van der Waals surface area contributed by atoms with E-state index in [1.165, 1.54) is 12.8 Å². The Balaban J connectivity index is 2.57. The van der Waals surface area contributed by atoms with E-state index in [2.05, 4.69) is 6.92 Å². The fourth-order valence-corrected chi connectivity index (χ4v) is 2.06. The Kier molecular flexibility index (Phi) is 3.86. The van der Waals surface area contributed by atoms with Crippen molar-refractivity contribution in [3.8, 4) is 0 Å². The first-order valence-corrected chi connectivity index (χ1v) is 5.09. The molecule has 1 heterocycles. The van der Waals surface area contributed by atoms with Crippen LogP contribution in [0.3, 0.4) is 0 Å². The van der Waals surface area contributed by atoms with Gasteiger partial charge in [0.25, 0.3) is 0 Å². The Hall–Kier alpha value is -0.240. The number of carbonyl (C=O) groups is 1. The van der Waals surface area contributed by atoms with Gasteiger partial charge >= 0.3 is 5.37 Å². The highest BCUT2D eigenvalue weighted by Gasteiger charge is 2.22. The van der Waals surface area contributed by atoms with Crippen LogP contribution in [0.1, 0.15) is 39.0 Å². The monoisotopic (exact) mass is 189 g/mol. The summed E-state index contributed by atoms with van der Waals surface area (Å²) in [5.41, 5.74) is 0. The molecular weight excluding hydrogens is 174 g/mol. The molecule has 1 unspecified atom stereocenters. The molecule has 70 valence electrons. The normalized spacial score (nSPS) is 25.2. The molecule has 1 aliphatic heterocycles. The van der Waals surface area contributed by atoms with Crippen LogP contribution in [0.25, 0.3) is 0 Å². The third kappa shape index (κ3) is 2.37. The fraction of sp³-hybridized carbons (Fsp3) is 0.889. The molecule has 1 fully saturated rings. The zero-order valence-corrected chi connectivity index (χ0v) is 8.31. The molecule has 0 aromatic rings. The van der Waals surface area contributed by atoms with Crippen LogP contribution in [0.15, 0.2) is 0 Å². The van der Waals surface area contributed by atoms with Gasteiger partial charge < -0.3 is 4.90 Å². The molecular formula is C9H16ClNO. The van der Waals surface area contributed by atoms with Gasteiger partial charge in [-0.2, -0.15) is 0 Å². The smallest absolute Gasteiger partial charge is 0.316 e. The molecule has 12 heavy (non-hydrogen) atoms. The number of hydrogen-bond donors (Lipinski definition) is 0. The molecule has 1 saturated heterocycles. The molecule has 0 spiro atoms. The summed E-state index contributed by atoms with van der Waals surface area (Å²) in [6.45, 7) is 2.96. The van der Waals surface area contributed by atoms with Crippen molar-refractivity contribution in [3.63, 3.8) is 0 Å². The standard InChI is InChI=1S/C9H16ClNO/c1-2-8-6-4-3-5-7-11(8)9(10)12/h8H,2-7H2,1H3. The SMILES string of the molecule is CCC1CCCCCN1C(=O)Cl. The van der Waals surface area contributed by atoms with Gasteiger partial charge in [0.05, 0.1) is 0 Å². The maximum atomic E-state index is 11.0. The first-order valence-electron chi connectivity index (χ1n) is 4.71. The van der Waals surface area contributed by atoms with Crippen molar-refractivity contribution in [2.24, 2.45) is 0 Å². The van der Waals surface area contributed by atoms with Crippen LogP contribution in [-0.4, -0.2) is 22.9 Å². The number of amides is 1. The minimum atomic E-state index is -0.274. The van der Waals surface area contributed by atoms with E-state index in [1.54, 1.807) is 0 Å². The third-order valence-corrected chi connectivity index (χ3v) is 2.79. The quantitative estimate of drug-likeness (QED) is 0.459. The zero-order valence-electron chi connectivity index (χ0n) is 7.55. The van der Waals surface area contributed by atoms with Gasteiger partial charge in [-0.05, 0) is 30.9 Å². The van der Waals surface area contributed by atoms with Crippen molar-refractivity contribution in [3.05, 3.63) is 0 Å². The van der Waals surface area contributed by atoms with Crippen molar-refractivity contribution in [2.75, 3.05) is 6.54 Å². The van der Waals surface area contributed by atoms with Gasteiger partial charge in [-0.1, -0.05) is 19.8 Å². The number of likely N-dealkylation sites (tertiary alicyclic amines) is 1. The zero-order chi connectivity index (χ0) is 8.97. The van der Waals surface area contributed by atoms with Crippen LogP contribution in [0.2, 0.25) is 0 Å². The Bertz CT molecular complexity index is 161. The second-order valence-corrected chi connectivity index (χ2v) is 3.68. The summed E-state index contributed by atoms with van der Waals surface area (Å²) in [6, 6.07) is 0.387. The molecule has 0 N–H and O–H groups in total. The van der Waals surface area contributed by atoms with E-state index in [9.17, 15) is 4.79 Å². The van der Waals surface area contributed by atoms with E-state index in [4.69, 9.17) is 11.6 Å². The second-order valence-electron chi connectivity index (χ2n) is 3.36. The van der Waals surface area contributed by atoms with Crippen molar-refractivity contribution in [1.29, 1.82) is 0 Å². The Morgan fingerprint density at radius 3 is 2.83 bits per heavy atom. The van der Waals surface area contributed by atoms with Crippen molar-refractivity contribution in [1.82, 2.24) is 4.90 Å². The van der Waals surface area contributed by atoms with Gasteiger partial charge in [0, 0.05) is 12.6 Å². The lowest BCUT2D eigenvalue weighted by Crippen LogP contribution is -2.36. The number of carbonyl (C=O) groups excluding carboxylic acids is 1. The molecule has 1 aliphatic rings. The minimum Gasteiger partial charge on any atom is -0.326 e. The first kappa shape index (κ1) is 9.85. The molecule has 0 saturated carbocycles. The predicted octanol–water partition coefficient (Wildman–Crippen LogP) is 3.00. The molecule has 0 radical (unpaired) electrons. The first-order chi connectivity index (χ1) is 5.75. The average molecular weight is 190 g/mol. The lowest BCUT2D eigenvalue weighted by atomic mass is 10.1. The van der Waals surface area contributed by atoms with Crippen LogP contribution in [0.5, 0.6) is 0 Å². The number of rotatable bonds is 1. The van der Waals surface area contributed by atoms with Crippen LogP contribution in [0.4, 0.5) is 4.79 Å². The predicted molar refractivity (Wildman–Crippen MR) is 50.5 cm³/mol. The van der Waals surface area contributed by atoms with Gasteiger partial charge in [-0.25, -0.2) is 0 Å². The van der Waals surface area contributed by atoms with Crippen molar-refractivity contribution >= 4 is 17.0 Å². The highest BCUT2D eigenvalue weighted by molar-refractivity contribution is 6.62. The maximum absolute atomic E-state index is 11.0. The van der Waals surface area contributed by atoms with Crippen LogP contribution in [-0.2, 0) is 0 Å². The summed E-state index contributed by atoms with van der Waals surface area (Å²) >= 11 is 5.49. The van der Waals surface area contributed by atoms with Crippen LogP contribution < -0.4 is 0 Å². The van der Waals surface area contributed by atoms with Crippen LogP contribution >= 0.6 is 11.6 Å². The van der Waals surface area contributed by atoms with Gasteiger partial charge in [0.1, 0.15) is 0 Å². The van der Waals surface area contributed by atoms with E-state index < -0.39 is 0 Å². The summed E-state index contributed by atoms with van der Waals surface area (Å²) in [5.74, 6) is 0. The molecule has 1 rings (SSSR count). The summed E-state index contributed by atoms with van der Waals surface area (Å²) < 4.78 is 0. The number of halogens is 1. The largest absolute Gasteiger partial charge is 0.326 e. The van der Waals surface area contributed by atoms with E-state index >= 15 is 0 Å². The van der Waals surface area contributed by atoms with E-state index in [0.29, 0.717) is 6.04 Å². The summed E-state index contributed by atoms with van der Waals surface area (Å²) in [5, 5.41) is -0.274. The molecule has 0 aliphatic carbocycles. The van der Waals surface area contributed by atoms with Gasteiger partial charge in [-0.3, -0.25) is 4.79 Å². The second kappa shape index (κ2) is 4.70. The van der Waals surface area contributed by atoms with Crippen LogP contribution in [0, 0.1) is 0 Å². The molecule has 3 heteroatoms. The van der Waals surface area contributed by atoms with E-state index in [-0.39, 0.29) is 5.37 Å². The summed E-state index contributed by atoms with van der Waals surface area (Å²) in [7, 11) is 0. The van der Waals surface area contributed by atoms with Gasteiger partial charge in [0.2, 0.25) is 0 Å². The Labute approximate surface area is 78.9 Å². The highest BCUT2D eigenvalue weighted by atomic mass is 35.5. The Morgan fingerprint density at radius 2 is 2.25 bits per heavy atom. The van der Waals surface area contributed by atoms with Crippen molar-refractivity contribution < 1.29 is 4.79 Å². The summed E-state index contributed by atoms with van der Waals surface area (Å²) in [6.07, 6.45) is 5.72. The molecule has 1 atom stereocenters. The number of nitrogens with zero attached hydrogens (tertiary/aromatic N) is 1. The summed E-state index contributed by atoms with van der Waals surface area (Å²) in [4.78, 5) is 12.8. The molecule has 0 aromatic carbocycles. The highest BCUT2D eigenvalue weighted by Crippen LogP contribution is 2.20. The Morgan fingerprint density at radius 1 is 1.50 bits per heavy atom. The lowest BCUT2D eigenvalue weighted by Gasteiger charge is -2.26. The van der Waals surface area contributed by atoms with Gasteiger partial charge in [-0.15, -0.1) is 0 Å². The lowest BCUT2D eigenvalue weighted by molar-refractivity contribution is 0.197. The molecule has 2 nitrogen and oxygen atoms in total. The van der Waals surface area contributed by atoms with E-state index in [0.717, 1.165) is 25.8 Å². The van der Waals surface area contributed by atoms with E-state index in [1.807, 2.05) is 4.90 Å². The minimum absolute atomic E-state index is 0.274. The topological polar surface area (TPSA) is 20.3 Å². The maximum Gasteiger partial charge on any atom is 0.316 e. The van der Waals surface area contributed by atoms with Crippen molar-refractivity contribution in [2.45, 2.75) is 45.1 Å². The number of hydrogen-bond acceptors (Lipinski definition) is 1. The molecule has 0 bridgehead atoms. The third-order valence-electron chi connectivity index (χ3n) is 2.57. The molecule has 1 amide bonds. The van der Waals surface area contributed by atoms with Gasteiger partial charge in [0.15, 0.2) is 0 Å². The average Bonchev–Trinajstić information content (AvgIpc) is 2.27. The molecule has 0 aromatic heterocycles. The fourth-order valence-electron chi connectivity index (χ4n) is 1.83.